The van der Waals surface area contributed by atoms with E-state index in [1.807, 2.05) is 49.3 Å². The number of furan rings is 1. The van der Waals surface area contributed by atoms with Gasteiger partial charge in [-0.05, 0) is 42.5 Å². The number of aromatic nitrogens is 1. The van der Waals surface area contributed by atoms with Gasteiger partial charge in [-0.3, -0.25) is 9.63 Å². The van der Waals surface area contributed by atoms with Gasteiger partial charge in [0, 0.05) is 30.7 Å². The molecule has 0 spiro atoms. The molecule has 0 fully saturated rings. The van der Waals surface area contributed by atoms with Crippen LogP contribution in [0.15, 0.2) is 71.3 Å². The maximum absolute atomic E-state index is 13.2. The van der Waals surface area contributed by atoms with Gasteiger partial charge < -0.3 is 14.6 Å². The van der Waals surface area contributed by atoms with Crippen molar-refractivity contribution < 1.29 is 14.0 Å². The Morgan fingerprint density at radius 3 is 2.58 bits per heavy atom. The van der Waals surface area contributed by atoms with Crippen LogP contribution in [-0.4, -0.2) is 32.1 Å². The molecule has 2 aromatic heterocycles. The molecule has 0 aliphatic carbocycles. The number of carbonyl (C=O) groups excluding carboxylic acids is 1. The van der Waals surface area contributed by atoms with E-state index in [1.165, 1.54) is 7.11 Å². The fourth-order valence-corrected chi connectivity index (χ4v) is 3.51. The molecule has 166 valence electrons. The molecule has 0 unspecified atom stereocenters. The number of pyridine rings is 1. The number of nitrogens with zero attached hydrogens (tertiary/aromatic N) is 4. The molecule has 8 heteroatoms. The lowest BCUT2D eigenvalue weighted by Gasteiger charge is -2.23. The van der Waals surface area contributed by atoms with Crippen molar-refractivity contribution in [3.05, 3.63) is 83.8 Å². The molecule has 8 nitrogen and oxygen atoms in total. The van der Waals surface area contributed by atoms with Gasteiger partial charge in [-0.15, -0.1) is 0 Å². The largest absolute Gasteiger partial charge is 0.467 e. The molecule has 0 atom stereocenters. The average Bonchev–Trinajstić information content (AvgIpc) is 3.36. The SMILES string of the molecule is CON(C(=O)c1ccccc1)c1nc2ccc(N(C)C)cc2c(NCc2ccco2)c1C#N. The molecule has 0 bridgehead atoms. The third kappa shape index (κ3) is 4.35. The summed E-state index contributed by atoms with van der Waals surface area (Å²) >= 11 is 0. The van der Waals surface area contributed by atoms with Crippen molar-refractivity contribution in [1.82, 2.24) is 4.98 Å². The van der Waals surface area contributed by atoms with Gasteiger partial charge in [0.05, 0.1) is 31.1 Å². The summed E-state index contributed by atoms with van der Waals surface area (Å²) < 4.78 is 5.44. The molecule has 1 amide bonds. The standard InChI is InChI=1S/C25H23N5O3/c1-29(2)18-11-12-22-20(14-18)23(27-16-19-10-7-13-33-19)21(15-26)24(28-22)30(32-3)25(31)17-8-5-4-6-9-17/h4-14H,16H2,1-3H3,(H,27,28). The predicted octanol–water partition coefficient (Wildman–Crippen LogP) is 4.59. The van der Waals surface area contributed by atoms with Gasteiger partial charge in [0.15, 0.2) is 5.82 Å². The number of nitriles is 1. The quantitative estimate of drug-likeness (QED) is 0.419. The number of hydrogen-bond donors (Lipinski definition) is 1. The molecular weight excluding hydrogens is 418 g/mol. The Bertz CT molecular complexity index is 1310. The lowest BCUT2D eigenvalue weighted by atomic mass is 10.1. The lowest BCUT2D eigenvalue weighted by molar-refractivity contribution is 0.0769. The first kappa shape index (κ1) is 21.9. The highest BCUT2D eigenvalue weighted by Gasteiger charge is 2.26. The van der Waals surface area contributed by atoms with Crippen molar-refractivity contribution in [3.8, 4) is 6.07 Å². The van der Waals surface area contributed by atoms with E-state index in [4.69, 9.17) is 9.25 Å². The summed E-state index contributed by atoms with van der Waals surface area (Å²) in [5.74, 6) is 0.391. The molecule has 33 heavy (non-hydrogen) atoms. The fourth-order valence-electron chi connectivity index (χ4n) is 3.51. The van der Waals surface area contributed by atoms with Crippen LogP contribution in [0.25, 0.3) is 10.9 Å². The molecule has 0 saturated heterocycles. The number of rotatable bonds is 7. The van der Waals surface area contributed by atoms with Crippen molar-refractivity contribution in [3.63, 3.8) is 0 Å². The molecule has 1 N–H and O–H groups in total. The zero-order valence-corrected chi connectivity index (χ0v) is 18.6. The summed E-state index contributed by atoms with van der Waals surface area (Å²) in [5.41, 5.74) is 2.71. The first-order valence-electron chi connectivity index (χ1n) is 10.3. The highest BCUT2D eigenvalue weighted by molar-refractivity contribution is 6.07. The van der Waals surface area contributed by atoms with E-state index in [0.29, 0.717) is 29.1 Å². The van der Waals surface area contributed by atoms with E-state index in [2.05, 4.69) is 16.4 Å². The molecule has 0 saturated carbocycles. The molecule has 4 rings (SSSR count). The molecular formula is C25H23N5O3. The van der Waals surface area contributed by atoms with E-state index in [9.17, 15) is 10.1 Å². The zero-order valence-electron chi connectivity index (χ0n) is 18.6. The Hall–Kier alpha value is -4.35. The Morgan fingerprint density at radius 2 is 1.94 bits per heavy atom. The van der Waals surface area contributed by atoms with Crippen molar-refractivity contribution >= 4 is 34.0 Å². The first-order chi connectivity index (χ1) is 16.0. The molecule has 4 aromatic rings. The average molecular weight is 441 g/mol. The monoisotopic (exact) mass is 441 g/mol. The number of carbonyl (C=O) groups is 1. The highest BCUT2D eigenvalue weighted by atomic mass is 16.7. The van der Waals surface area contributed by atoms with Gasteiger partial charge >= 0.3 is 0 Å². The van der Waals surface area contributed by atoms with E-state index >= 15 is 0 Å². The summed E-state index contributed by atoms with van der Waals surface area (Å²) in [6.07, 6.45) is 1.59. The van der Waals surface area contributed by atoms with E-state index in [1.54, 1.807) is 36.6 Å². The number of hydroxylamine groups is 1. The van der Waals surface area contributed by atoms with Crippen LogP contribution in [0.1, 0.15) is 21.7 Å². The Morgan fingerprint density at radius 1 is 1.15 bits per heavy atom. The van der Waals surface area contributed by atoms with Crippen LogP contribution < -0.4 is 15.3 Å². The van der Waals surface area contributed by atoms with Crippen LogP contribution in [0.4, 0.5) is 17.2 Å². The van der Waals surface area contributed by atoms with E-state index in [0.717, 1.165) is 16.1 Å². The van der Waals surface area contributed by atoms with Crippen LogP contribution in [0.2, 0.25) is 0 Å². The fraction of sp³-hybridized carbons (Fsp3) is 0.160. The van der Waals surface area contributed by atoms with Crippen LogP contribution in [0.5, 0.6) is 0 Å². The Labute approximate surface area is 191 Å². The second kappa shape index (κ2) is 9.42. The van der Waals surface area contributed by atoms with Gasteiger partial charge in [-0.25, -0.2) is 4.98 Å². The minimum absolute atomic E-state index is 0.112. The van der Waals surface area contributed by atoms with Crippen molar-refractivity contribution in [1.29, 1.82) is 5.26 Å². The number of fused-ring (bicyclic) bond motifs is 1. The summed E-state index contributed by atoms with van der Waals surface area (Å²) in [6.45, 7) is 0.353. The summed E-state index contributed by atoms with van der Waals surface area (Å²) in [6, 6.07) is 20.3. The van der Waals surface area contributed by atoms with Gasteiger partial charge in [-0.1, -0.05) is 18.2 Å². The van der Waals surface area contributed by atoms with Gasteiger partial charge in [0.2, 0.25) is 0 Å². The minimum Gasteiger partial charge on any atom is -0.467 e. The number of amides is 1. The second-order valence-electron chi connectivity index (χ2n) is 7.47. The van der Waals surface area contributed by atoms with Gasteiger partial charge in [-0.2, -0.15) is 10.3 Å². The molecule has 2 heterocycles. The molecule has 0 aliphatic rings. The summed E-state index contributed by atoms with van der Waals surface area (Å²) in [5, 5.41) is 15.2. The normalized spacial score (nSPS) is 10.6. The predicted molar refractivity (Wildman–Crippen MR) is 127 cm³/mol. The molecule has 0 aliphatic heterocycles. The smallest absolute Gasteiger partial charge is 0.283 e. The maximum Gasteiger partial charge on any atom is 0.283 e. The molecule has 0 radical (unpaired) electrons. The topological polar surface area (TPSA) is 94.6 Å². The van der Waals surface area contributed by atoms with E-state index < -0.39 is 5.91 Å². The number of hydrogen-bond acceptors (Lipinski definition) is 7. The summed E-state index contributed by atoms with van der Waals surface area (Å²) in [7, 11) is 5.25. The minimum atomic E-state index is -0.427. The van der Waals surface area contributed by atoms with Crippen molar-refractivity contribution in [2.24, 2.45) is 0 Å². The number of nitrogens with one attached hydrogen (secondary N) is 1. The van der Waals surface area contributed by atoms with Crippen LogP contribution in [0, 0.1) is 11.3 Å². The third-order valence-electron chi connectivity index (χ3n) is 5.18. The van der Waals surface area contributed by atoms with Gasteiger partial charge in [0.1, 0.15) is 17.4 Å². The number of anilines is 3. The van der Waals surface area contributed by atoms with Crippen molar-refractivity contribution in [2.75, 3.05) is 36.5 Å². The van der Waals surface area contributed by atoms with Crippen LogP contribution in [0.3, 0.4) is 0 Å². The number of benzene rings is 2. The maximum atomic E-state index is 13.2. The Balaban J connectivity index is 1.89. The van der Waals surface area contributed by atoms with Crippen LogP contribution in [-0.2, 0) is 11.4 Å². The second-order valence-corrected chi connectivity index (χ2v) is 7.47. The Kier molecular flexibility index (Phi) is 6.24. The molecule has 2 aromatic carbocycles. The third-order valence-corrected chi connectivity index (χ3v) is 5.18. The van der Waals surface area contributed by atoms with Crippen LogP contribution >= 0.6 is 0 Å². The van der Waals surface area contributed by atoms with Crippen molar-refractivity contribution in [2.45, 2.75) is 6.54 Å². The summed E-state index contributed by atoms with van der Waals surface area (Å²) in [4.78, 5) is 25.2. The zero-order chi connectivity index (χ0) is 23.4. The highest BCUT2D eigenvalue weighted by Crippen LogP contribution is 2.35. The first-order valence-corrected chi connectivity index (χ1v) is 10.3. The lowest BCUT2D eigenvalue weighted by Crippen LogP contribution is -2.31. The van der Waals surface area contributed by atoms with Gasteiger partial charge in [0.25, 0.3) is 5.91 Å². The van der Waals surface area contributed by atoms with E-state index in [-0.39, 0.29) is 11.4 Å².